The van der Waals surface area contributed by atoms with Gasteiger partial charge in [0.1, 0.15) is 5.76 Å². The van der Waals surface area contributed by atoms with Gasteiger partial charge in [-0.05, 0) is 29.5 Å². The molecule has 2 rings (SSSR count). The molecule has 1 atom stereocenters. The van der Waals surface area contributed by atoms with Gasteiger partial charge in [-0.1, -0.05) is 51.1 Å². The summed E-state index contributed by atoms with van der Waals surface area (Å²) in [4.78, 5) is 35.6. The molecule has 0 N–H and O–H groups in total. The number of ether oxygens (including phenoxy) is 1. The minimum atomic E-state index is -1.39. The summed E-state index contributed by atoms with van der Waals surface area (Å²) in [5.74, 6) is -3.08. The average molecular weight is 312 g/mol. The summed E-state index contributed by atoms with van der Waals surface area (Å²) in [6.45, 7) is 7.87. The van der Waals surface area contributed by atoms with Crippen molar-refractivity contribution in [1.29, 1.82) is 0 Å². The molecule has 0 fully saturated rings. The van der Waals surface area contributed by atoms with E-state index in [-0.39, 0.29) is 11.2 Å². The van der Waals surface area contributed by atoms with Crippen molar-refractivity contribution >= 4 is 23.6 Å². The first kappa shape index (κ1) is 16.9. The van der Waals surface area contributed by atoms with Crippen LogP contribution in [0.5, 0.6) is 0 Å². The van der Waals surface area contributed by atoms with Gasteiger partial charge in [0.2, 0.25) is 0 Å². The Morgan fingerprint density at radius 3 is 2.26 bits per heavy atom. The molecule has 0 aromatic heterocycles. The van der Waals surface area contributed by atoms with Crippen LogP contribution in [0.4, 0.5) is 0 Å². The Labute approximate surface area is 135 Å². The molecule has 0 aliphatic carbocycles. The Balaban J connectivity index is 2.12. The average Bonchev–Trinajstić information content (AvgIpc) is 2.43. The predicted molar refractivity (Wildman–Crippen MR) is 87.5 cm³/mol. The first-order valence-corrected chi connectivity index (χ1v) is 7.45. The molecule has 0 amide bonds. The molecule has 4 nitrogen and oxygen atoms in total. The lowest BCUT2D eigenvalue weighted by Crippen LogP contribution is -2.34. The van der Waals surface area contributed by atoms with Crippen molar-refractivity contribution in [2.45, 2.75) is 33.1 Å². The SMILES string of the molecule is CC1=CC(=O)C(C(=O)C=Cc2ccc(C(C)(C)C)cc2)C(=O)O1. The lowest BCUT2D eigenvalue weighted by atomic mass is 9.86. The fourth-order valence-electron chi connectivity index (χ4n) is 2.27. The number of hydrogen-bond acceptors (Lipinski definition) is 4. The van der Waals surface area contributed by atoms with Gasteiger partial charge in [0, 0.05) is 6.08 Å². The minimum absolute atomic E-state index is 0.0561. The van der Waals surface area contributed by atoms with Crippen LogP contribution in [0.15, 0.2) is 42.2 Å². The highest BCUT2D eigenvalue weighted by atomic mass is 16.5. The van der Waals surface area contributed by atoms with Crippen LogP contribution in [0.25, 0.3) is 6.08 Å². The van der Waals surface area contributed by atoms with Gasteiger partial charge < -0.3 is 4.74 Å². The zero-order valence-electron chi connectivity index (χ0n) is 13.8. The third kappa shape index (κ3) is 4.03. The van der Waals surface area contributed by atoms with Crippen molar-refractivity contribution in [3.8, 4) is 0 Å². The van der Waals surface area contributed by atoms with Gasteiger partial charge in [0.15, 0.2) is 17.5 Å². The highest BCUT2D eigenvalue weighted by Crippen LogP contribution is 2.22. The van der Waals surface area contributed by atoms with E-state index in [1.165, 1.54) is 24.6 Å². The molecule has 120 valence electrons. The van der Waals surface area contributed by atoms with Crippen LogP contribution in [-0.2, 0) is 24.5 Å². The molecule has 1 aliphatic rings. The van der Waals surface area contributed by atoms with Crippen molar-refractivity contribution < 1.29 is 19.1 Å². The lowest BCUT2D eigenvalue weighted by molar-refractivity contribution is -0.151. The summed E-state index contributed by atoms with van der Waals surface area (Å²) >= 11 is 0. The lowest BCUT2D eigenvalue weighted by Gasteiger charge is -2.18. The summed E-state index contributed by atoms with van der Waals surface area (Å²) in [7, 11) is 0. The summed E-state index contributed by atoms with van der Waals surface area (Å²) < 4.78 is 4.84. The number of carbonyl (C=O) groups excluding carboxylic acids is 3. The highest BCUT2D eigenvalue weighted by Gasteiger charge is 2.36. The van der Waals surface area contributed by atoms with E-state index in [2.05, 4.69) is 20.8 Å². The maximum atomic E-state index is 12.1. The van der Waals surface area contributed by atoms with E-state index in [9.17, 15) is 14.4 Å². The van der Waals surface area contributed by atoms with Crippen molar-refractivity contribution in [2.24, 2.45) is 5.92 Å². The number of esters is 1. The standard InChI is InChI=1S/C19H20O4/c1-12-11-16(21)17(18(22)23-12)15(20)10-7-13-5-8-14(9-6-13)19(2,3)4/h5-11,17H,1-4H3. The number of allylic oxidation sites excluding steroid dienone is 3. The van der Waals surface area contributed by atoms with Gasteiger partial charge in [-0.25, -0.2) is 0 Å². The third-order valence-corrected chi connectivity index (χ3v) is 3.63. The van der Waals surface area contributed by atoms with Gasteiger partial charge >= 0.3 is 5.97 Å². The van der Waals surface area contributed by atoms with Crippen LogP contribution in [0.2, 0.25) is 0 Å². The minimum Gasteiger partial charge on any atom is -0.430 e. The van der Waals surface area contributed by atoms with Gasteiger partial charge in [0.05, 0.1) is 0 Å². The molecule has 1 heterocycles. The fraction of sp³-hybridized carbons (Fsp3) is 0.316. The molecule has 0 saturated heterocycles. The van der Waals surface area contributed by atoms with Crippen molar-refractivity contribution in [2.75, 3.05) is 0 Å². The molecule has 0 radical (unpaired) electrons. The largest absolute Gasteiger partial charge is 0.430 e. The number of cyclic esters (lactones) is 1. The Morgan fingerprint density at radius 1 is 1.13 bits per heavy atom. The van der Waals surface area contributed by atoms with E-state index in [1.807, 2.05) is 24.3 Å². The van der Waals surface area contributed by atoms with E-state index in [4.69, 9.17) is 4.74 Å². The van der Waals surface area contributed by atoms with E-state index < -0.39 is 23.5 Å². The maximum absolute atomic E-state index is 12.1. The van der Waals surface area contributed by atoms with Gasteiger partial charge in [-0.15, -0.1) is 0 Å². The fourth-order valence-corrected chi connectivity index (χ4v) is 2.27. The second kappa shape index (κ2) is 6.32. The number of rotatable bonds is 3. The second-order valence-corrected chi connectivity index (χ2v) is 6.62. The van der Waals surface area contributed by atoms with E-state index in [0.717, 1.165) is 5.56 Å². The Morgan fingerprint density at radius 2 is 1.74 bits per heavy atom. The molecule has 1 unspecified atom stereocenters. The van der Waals surface area contributed by atoms with Crippen LogP contribution in [0.1, 0.15) is 38.8 Å². The van der Waals surface area contributed by atoms with Crippen LogP contribution in [0, 0.1) is 5.92 Å². The summed E-state index contributed by atoms with van der Waals surface area (Å²) in [5.41, 5.74) is 2.07. The first-order valence-electron chi connectivity index (χ1n) is 7.45. The smallest absolute Gasteiger partial charge is 0.329 e. The van der Waals surface area contributed by atoms with E-state index in [0.29, 0.717) is 0 Å². The van der Waals surface area contributed by atoms with Gasteiger partial charge in [-0.3, -0.25) is 14.4 Å². The zero-order chi connectivity index (χ0) is 17.2. The summed E-state index contributed by atoms with van der Waals surface area (Å²) in [6.07, 6.45) is 4.03. The van der Waals surface area contributed by atoms with Crippen LogP contribution in [-0.4, -0.2) is 17.5 Å². The molecule has 4 heteroatoms. The van der Waals surface area contributed by atoms with E-state index >= 15 is 0 Å². The Hall–Kier alpha value is -2.49. The Bertz CT molecular complexity index is 700. The van der Waals surface area contributed by atoms with Crippen LogP contribution < -0.4 is 0 Å². The quantitative estimate of drug-likeness (QED) is 0.488. The second-order valence-electron chi connectivity index (χ2n) is 6.62. The molecule has 0 saturated carbocycles. The number of hydrogen-bond donors (Lipinski definition) is 0. The Kier molecular flexibility index (Phi) is 4.64. The highest BCUT2D eigenvalue weighted by molar-refractivity contribution is 6.25. The summed E-state index contributed by atoms with van der Waals surface area (Å²) in [6, 6.07) is 7.79. The number of ketones is 2. The van der Waals surface area contributed by atoms with Crippen LogP contribution >= 0.6 is 0 Å². The molecular weight excluding hydrogens is 292 g/mol. The van der Waals surface area contributed by atoms with Gasteiger partial charge in [-0.2, -0.15) is 0 Å². The third-order valence-electron chi connectivity index (χ3n) is 3.63. The van der Waals surface area contributed by atoms with E-state index in [1.54, 1.807) is 6.08 Å². The summed E-state index contributed by atoms with van der Waals surface area (Å²) in [5, 5.41) is 0. The van der Waals surface area contributed by atoms with Crippen LogP contribution in [0.3, 0.4) is 0 Å². The van der Waals surface area contributed by atoms with Crippen molar-refractivity contribution in [1.82, 2.24) is 0 Å². The molecular formula is C19H20O4. The van der Waals surface area contributed by atoms with Crippen molar-refractivity contribution in [3.63, 3.8) is 0 Å². The number of carbonyl (C=O) groups is 3. The molecule has 23 heavy (non-hydrogen) atoms. The normalized spacial score (nSPS) is 18.8. The predicted octanol–water partition coefficient (Wildman–Crippen LogP) is 3.21. The van der Waals surface area contributed by atoms with Crippen molar-refractivity contribution in [3.05, 3.63) is 53.3 Å². The zero-order valence-corrected chi connectivity index (χ0v) is 13.8. The number of benzene rings is 1. The topological polar surface area (TPSA) is 60.4 Å². The molecule has 1 aromatic carbocycles. The molecule has 1 aromatic rings. The molecule has 0 spiro atoms. The van der Waals surface area contributed by atoms with Gasteiger partial charge in [0.25, 0.3) is 0 Å². The molecule has 0 bridgehead atoms. The first-order chi connectivity index (χ1) is 10.7. The monoisotopic (exact) mass is 312 g/mol. The maximum Gasteiger partial charge on any atom is 0.329 e. The molecule has 1 aliphatic heterocycles.